The van der Waals surface area contributed by atoms with Crippen molar-refractivity contribution in [2.75, 3.05) is 11.9 Å². The fourth-order valence-corrected chi connectivity index (χ4v) is 3.38. The summed E-state index contributed by atoms with van der Waals surface area (Å²) in [7, 11) is 0. The highest BCUT2D eigenvalue weighted by molar-refractivity contribution is 7.14. The average Bonchev–Trinajstić information content (AvgIpc) is 3.05. The minimum absolute atomic E-state index is 0.0547. The van der Waals surface area contributed by atoms with E-state index in [1.54, 1.807) is 6.92 Å². The second-order valence-corrected chi connectivity index (χ2v) is 7.14. The summed E-state index contributed by atoms with van der Waals surface area (Å²) < 4.78 is 18.1. The van der Waals surface area contributed by atoms with Crippen LogP contribution in [-0.2, 0) is 9.53 Å². The number of nitrogens with one attached hydrogen (secondary N) is 1. The number of aryl methyl sites for hydroxylation is 1. The Morgan fingerprint density at radius 1 is 1.22 bits per heavy atom. The minimum Gasteiger partial charge on any atom is -0.451 e. The number of amides is 1. The molecule has 1 aromatic heterocycles. The number of aromatic nitrogens is 1. The Labute approximate surface area is 163 Å². The second-order valence-electron chi connectivity index (χ2n) is 5.53. The molecule has 1 heterocycles. The molecule has 0 aliphatic heterocycles. The van der Waals surface area contributed by atoms with E-state index in [0.29, 0.717) is 15.6 Å². The van der Waals surface area contributed by atoms with Gasteiger partial charge in [-0.3, -0.25) is 4.79 Å². The number of hydrogen-bond donors (Lipinski definition) is 1. The maximum absolute atomic E-state index is 13.0. The lowest BCUT2D eigenvalue weighted by Gasteiger charge is -2.08. The minimum atomic E-state index is -0.639. The van der Waals surface area contributed by atoms with Gasteiger partial charge in [-0.25, -0.2) is 14.2 Å². The summed E-state index contributed by atoms with van der Waals surface area (Å²) in [6.45, 7) is 1.29. The molecule has 3 rings (SSSR count). The fraction of sp³-hybridized carbons (Fsp3) is 0.105. The molecule has 0 aliphatic rings. The molecule has 8 heteroatoms. The molecule has 2 aromatic carbocycles. The molecule has 138 valence electrons. The largest absolute Gasteiger partial charge is 0.451 e. The van der Waals surface area contributed by atoms with Crippen molar-refractivity contribution in [3.8, 4) is 11.3 Å². The number of anilines is 1. The van der Waals surface area contributed by atoms with Gasteiger partial charge in [-0.2, -0.15) is 0 Å². The van der Waals surface area contributed by atoms with Crippen LogP contribution in [-0.4, -0.2) is 23.5 Å². The van der Waals surface area contributed by atoms with Crippen LogP contribution < -0.4 is 5.32 Å². The van der Waals surface area contributed by atoms with E-state index >= 15 is 0 Å². The van der Waals surface area contributed by atoms with Crippen LogP contribution in [0.5, 0.6) is 0 Å². The predicted octanol–water partition coefficient (Wildman–Crippen LogP) is 4.71. The summed E-state index contributed by atoms with van der Waals surface area (Å²) in [4.78, 5) is 29.1. The number of halogens is 2. The standard InChI is InChI=1S/C19H14ClFN2O3S/c1-11-22-17(12-5-3-2-4-6-12)18(27-11)19(25)26-10-16(24)23-15-8-7-13(21)9-14(15)20/h2-9H,10H2,1H3,(H,23,24). The third-order valence-electron chi connectivity index (χ3n) is 3.51. The zero-order valence-electron chi connectivity index (χ0n) is 14.2. The van der Waals surface area contributed by atoms with E-state index in [0.717, 1.165) is 11.6 Å². The van der Waals surface area contributed by atoms with Crippen molar-refractivity contribution in [3.63, 3.8) is 0 Å². The lowest BCUT2D eigenvalue weighted by molar-refractivity contribution is -0.119. The number of hydrogen-bond acceptors (Lipinski definition) is 5. The normalized spacial score (nSPS) is 10.5. The molecule has 0 saturated heterocycles. The SMILES string of the molecule is Cc1nc(-c2ccccc2)c(C(=O)OCC(=O)Nc2ccc(F)cc2Cl)s1. The van der Waals surface area contributed by atoms with Gasteiger partial charge in [0.25, 0.3) is 5.91 Å². The van der Waals surface area contributed by atoms with Crippen LogP contribution in [0.1, 0.15) is 14.7 Å². The second kappa shape index (κ2) is 8.28. The topological polar surface area (TPSA) is 68.3 Å². The number of thiazole rings is 1. The molecule has 3 aromatic rings. The summed E-state index contributed by atoms with van der Waals surface area (Å²) in [5.41, 5.74) is 1.54. The maximum atomic E-state index is 13.0. The Kier molecular flexibility index (Phi) is 5.83. The number of rotatable bonds is 5. The summed E-state index contributed by atoms with van der Waals surface area (Å²) in [5.74, 6) is -1.74. The molecule has 0 unspecified atom stereocenters. The summed E-state index contributed by atoms with van der Waals surface area (Å²) in [5, 5.41) is 3.23. The van der Waals surface area contributed by atoms with Gasteiger partial charge in [-0.05, 0) is 25.1 Å². The Hall–Kier alpha value is -2.77. The van der Waals surface area contributed by atoms with Crippen LogP contribution in [0, 0.1) is 12.7 Å². The number of benzene rings is 2. The van der Waals surface area contributed by atoms with Gasteiger partial charge in [0.05, 0.1) is 21.4 Å². The van der Waals surface area contributed by atoms with Gasteiger partial charge in [0.15, 0.2) is 6.61 Å². The average molecular weight is 405 g/mol. The zero-order valence-corrected chi connectivity index (χ0v) is 15.7. The van der Waals surface area contributed by atoms with Crippen molar-refractivity contribution in [1.29, 1.82) is 0 Å². The predicted molar refractivity (Wildman–Crippen MR) is 103 cm³/mol. The molecule has 0 saturated carbocycles. The summed E-state index contributed by atoms with van der Waals surface area (Å²) >= 11 is 7.05. The quantitative estimate of drug-likeness (QED) is 0.625. The molecule has 0 radical (unpaired) electrons. The molecular formula is C19H14ClFN2O3S. The van der Waals surface area contributed by atoms with Crippen LogP contribution in [0.3, 0.4) is 0 Å². The number of esters is 1. The summed E-state index contributed by atoms with van der Waals surface area (Å²) in [6.07, 6.45) is 0. The van der Waals surface area contributed by atoms with Crippen molar-refractivity contribution in [2.24, 2.45) is 0 Å². The van der Waals surface area contributed by atoms with Gasteiger partial charge in [-0.15, -0.1) is 11.3 Å². The van der Waals surface area contributed by atoms with Crippen LogP contribution >= 0.6 is 22.9 Å². The lowest BCUT2D eigenvalue weighted by atomic mass is 10.1. The first kappa shape index (κ1) is 19.0. The van der Waals surface area contributed by atoms with E-state index in [9.17, 15) is 14.0 Å². The molecule has 5 nitrogen and oxygen atoms in total. The van der Waals surface area contributed by atoms with Crippen molar-refractivity contribution < 1.29 is 18.7 Å². The van der Waals surface area contributed by atoms with E-state index in [4.69, 9.17) is 16.3 Å². The van der Waals surface area contributed by atoms with Gasteiger partial charge in [0.1, 0.15) is 10.7 Å². The highest BCUT2D eigenvalue weighted by Crippen LogP contribution is 2.28. The van der Waals surface area contributed by atoms with Gasteiger partial charge >= 0.3 is 5.97 Å². The van der Waals surface area contributed by atoms with Crippen LogP contribution in [0.4, 0.5) is 10.1 Å². The third kappa shape index (κ3) is 4.69. The van der Waals surface area contributed by atoms with Crippen molar-refractivity contribution in [2.45, 2.75) is 6.92 Å². The molecule has 0 atom stereocenters. The number of carbonyl (C=O) groups is 2. The van der Waals surface area contributed by atoms with E-state index < -0.39 is 24.3 Å². The first-order valence-corrected chi connectivity index (χ1v) is 9.08. The Morgan fingerprint density at radius 3 is 2.67 bits per heavy atom. The highest BCUT2D eigenvalue weighted by atomic mass is 35.5. The first-order valence-electron chi connectivity index (χ1n) is 7.89. The van der Waals surface area contributed by atoms with Crippen molar-refractivity contribution in [3.05, 3.63) is 69.3 Å². The Bertz CT molecular complexity index is 992. The van der Waals surface area contributed by atoms with Gasteiger partial charge in [0.2, 0.25) is 0 Å². The van der Waals surface area contributed by atoms with Crippen LogP contribution in [0.15, 0.2) is 48.5 Å². The van der Waals surface area contributed by atoms with Gasteiger partial charge < -0.3 is 10.1 Å². The summed E-state index contributed by atoms with van der Waals surface area (Å²) in [6, 6.07) is 12.8. The molecule has 0 aliphatic carbocycles. The monoisotopic (exact) mass is 404 g/mol. The van der Waals surface area contributed by atoms with Crippen LogP contribution in [0.25, 0.3) is 11.3 Å². The molecule has 0 bridgehead atoms. The van der Waals surface area contributed by atoms with E-state index in [1.807, 2.05) is 30.3 Å². The Balaban J connectivity index is 1.67. The van der Waals surface area contributed by atoms with Crippen molar-refractivity contribution in [1.82, 2.24) is 4.98 Å². The highest BCUT2D eigenvalue weighted by Gasteiger charge is 2.20. The van der Waals surface area contributed by atoms with E-state index in [2.05, 4.69) is 10.3 Å². The molecule has 0 spiro atoms. The molecule has 27 heavy (non-hydrogen) atoms. The maximum Gasteiger partial charge on any atom is 0.351 e. The van der Waals surface area contributed by atoms with Gasteiger partial charge in [-0.1, -0.05) is 41.9 Å². The molecule has 0 fully saturated rings. The fourth-order valence-electron chi connectivity index (χ4n) is 2.33. The van der Waals surface area contributed by atoms with E-state index in [-0.39, 0.29) is 10.7 Å². The lowest BCUT2D eigenvalue weighted by Crippen LogP contribution is -2.21. The van der Waals surface area contributed by atoms with E-state index in [1.165, 1.54) is 23.5 Å². The Morgan fingerprint density at radius 2 is 1.96 bits per heavy atom. The first-order chi connectivity index (χ1) is 12.9. The molecule has 1 amide bonds. The smallest absolute Gasteiger partial charge is 0.351 e. The number of carbonyl (C=O) groups excluding carboxylic acids is 2. The number of nitrogens with zero attached hydrogens (tertiary/aromatic N) is 1. The van der Waals surface area contributed by atoms with Crippen LogP contribution in [0.2, 0.25) is 5.02 Å². The molecular weight excluding hydrogens is 391 g/mol. The van der Waals surface area contributed by atoms with Crippen molar-refractivity contribution >= 4 is 40.5 Å². The molecule has 1 N–H and O–H groups in total. The third-order valence-corrected chi connectivity index (χ3v) is 4.77. The number of ether oxygens (including phenoxy) is 1. The van der Waals surface area contributed by atoms with Gasteiger partial charge in [0, 0.05) is 5.56 Å². The zero-order chi connectivity index (χ0) is 19.4.